The molecule has 1 atom stereocenters. The van der Waals surface area contributed by atoms with E-state index in [2.05, 4.69) is 16.2 Å². The van der Waals surface area contributed by atoms with Crippen LogP contribution in [-0.2, 0) is 35.6 Å². The van der Waals surface area contributed by atoms with Gasteiger partial charge in [-0.1, -0.05) is 42.5 Å². The molecule has 3 aromatic rings. The maximum Gasteiger partial charge on any atom is 0.252 e. The van der Waals surface area contributed by atoms with Gasteiger partial charge < -0.3 is 14.8 Å². The van der Waals surface area contributed by atoms with Crippen LogP contribution in [0, 0.1) is 0 Å². The number of aromatic nitrogens is 1. The monoisotopic (exact) mass is 592 g/mol. The third-order valence-electron chi connectivity index (χ3n) is 6.44. The van der Waals surface area contributed by atoms with Crippen molar-refractivity contribution in [2.75, 3.05) is 14.2 Å². The summed E-state index contributed by atoms with van der Waals surface area (Å²) < 4.78 is 34.5. The number of Topliss-reactive ketones (excluding diaryl/α,β-unsaturated/α-hetero) is 2. The predicted molar refractivity (Wildman–Crippen MR) is 160 cm³/mol. The number of hydrogen-bond donors (Lipinski definition) is 3. The lowest BCUT2D eigenvalue weighted by atomic mass is 9.87. The van der Waals surface area contributed by atoms with Crippen LogP contribution in [0.4, 0.5) is 0 Å². The number of carbonyl (C=O) groups excluding carboxylic acids is 3. The Morgan fingerprint density at radius 2 is 1.55 bits per heavy atom. The summed E-state index contributed by atoms with van der Waals surface area (Å²) in [5.41, 5.74) is 4.33. The second kappa shape index (κ2) is 13.9. The number of hydrogen-bond acceptors (Lipinski definition) is 7. The van der Waals surface area contributed by atoms with E-state index in [0.29, 0.717) is 22.3 Å². The number of rotatable bonds is 8. The van der Waals surface area contributed by atoms with Crippen molar-refractivity contribution in [2.45, 2.75) is 26.3 Å². The van der Waals surface area contributed by atoms with Gasteiger partial charge in [0.05, 0.1) is 20.3 Å². The molecule has 2 aromatic carbocycles. The minimum Gasteiger partial charge on any atom is -0.489 e. The van der Waals surface area contributed by atoms with Gasteiger partial charge in [0.2, 0.25) is 23.1 Å². The maximum atomic E-state index is 13.5. The molecule has 220 valence electrons. The SMILES string of the molecule is C=S(=O)(O)O.COC1=C(OC)C(=O)C(Cc2ccc(-c3ccncc3)c(C(=O)N[C@@H](C)c3ccccc3)c2)=C(C)C1=O. The molecule has 0 saturated heterocycles. The van der Waals surface area contributed by atoms with Crippen LogP contribution in [0.2, 0.25) is 0 Å². The van der Waals surface area contributed by atoms with Crippen LogP contribution in [0.15, 0.2) is 95.7 Å². The molecule has 1 amide bonds. The fourth-order valence-electron chi connectivity index (χ4n) is 4.38. The average molecular weight is 593 g/mol. The van der Waals surface area contributed by atoms with Gasteiger partial charge in [0.1, 0.15) is 0 Å². The molecule has 0 fully saturated rings. The molecule has 42 heavy (non-hydrogen) atoms. The standard InChI is InChI=1S/C30H28N2O5.CH4O3S/c1-18-24(27(34)29(37-4)28(36-3)26(18)33)16-20-10-11-23(22-12-14-31-15-13-22)25(17-20)30(35)32-19(2)21-8-6-5-7-9-21;1-5(2,3)4/h5-15,17,19H,16H2,1-4H3,(H,32,35);1H2,(H2,2,3,4)/t19-;/m0./s1. The van der Waals surface area contributed by atoms with E-state index in [9.17, 15) is 18.6 Å². The van der Waals surface area contributed by atoms with Crippen LogP contribution in [0.5, 0.6) is 0 Å². The normalized spacial score (nSPS) is 14.1. The number of nitrogens with zero attached hydrogens (tertiary/aromatic N) is 1. The Balaban J connectivity index is 0.000000892. The van der Waals surface area contributed by atoms with E-state index in [1.54, 1.807) is 25.4 Å². The number of amides is 1. The zero-order valence-electron chi connectivity index (χ0n) is 23.6. The van der Waals surface area contributed by atoms with Crippen molar-refractivity contribution in [2.24, 2.45) is 0 Å². The van der Waals surface area contributed by atoms with Gasteiger partial charge in [0.25, 0.3) is 5.91 Å². The van der Waals surface area contributed by atoms with E-state index in [-0.39, 0.29) is 29.9 Å². The van der Waals surface area contributed by atoms with Crippen molar-refractivity contribution in [3.8, 4) is 11.1 Å². The Hall–Kier alpha value is -4.58. The first-order chi connectivity index (χ1) is 19.8. The fraction of sp³-hybridized carbons (Fsp3) is 0.194. The number of benzene rings is 2. The van der Waals surface area contributed by atoms with E-state index >= 15 is 0 Å². The first-order valence-corrected chi connectivity index (χ1v) is 14.3. The van der Waals surface area contributed by atoms with E-state index < -0.39 is 21.6 Å². The summed E-state index contributed by atoms with van der Waals surface area (Å²) in [5.74, 6) is 1.15. The topological polar surface area (TPSA) is 152 Å². The molecule has 0 saturated carbocycles. The first-order valence-electron chi connectivity index (χ1n) is 12.7. The molecule has 0 aliphatic heterocycles. The van der Waals surface area contributed by atoms with Gasteiger partial charge in [-0.15, -0.1) is 0 Å². The Kier molecular flexibility index (Phi) is 10.5. The highest BCUT2D eigenvalue weighted by Gasteiger charge is 2.34. The van der Waals surface area contributed by atoms with Crippen molar-refractivity contribution in [1.82, 2.24) is 10.3 Å². The van der Waals surface area contributed by atoms with Gasteiger partial charge in [-0.05, 0) is 54.3 Å². The molecule has 0 spiro atoms. The average Bonchev–Trinajstić information content (AvgIpc) is 2.97. The van der Waals surface area contributed by atoms with Crippen LogP contribution in [0.25, 0.3) is 11.1 Å². The van der Waals surface area contributed by atoms with Gasteiger partial charge in [-0.25, -0.2) is 4.21 Å². The summed E-state index contributed by atoms with van der Waals surface area (Å²) in [6.45, 7) is 3.52. The highest BCUT2D eigenvalue weighted by atomic mass is 32.2. The summed E-state index contributed by atoms with van der Waals surface area (Å²) >= 11 is 0. The third kappa shape index (κ3) is 8.00. The van der Waals surface area contributed by atoms with Gasteiger partial charge in [0.15, 0.2) is 10.1 Å². The lowest BCUT2D eigenvalue weighted by Crippen LogP contribution is -2.27. The van der Waals surface area contributed by atoms with Gasteiger partial charge in [0, 0.05) is 41.4 Å². The molecule has 10 nitrogen and oxygen atoms in total. The summed E-state index contributed by atoms with van der Waals surface area (Å²) in [6, 6.07) is 18.6. The molecule has 11 heteroatoms. The smallest absolute Gasteiger partial charge is 0.252 e. The molecule has 4 rings (SSSR count). The Bertz CT molecular complexity index is 1640. The molecule has 0 bridgehead atoms. The van der Waals surface area contributed by atoms with Crippen LogP contribution in [-0.4, -0.2) is 55.9 Å². The fourth-order valence-corrected chi connectivity index (χ4v) is 4.38. The number of pyridine rings is 1. The van der Waals surface area contributed by atoms with E-state index in [1.807, 2.05) is 61.5 Å². The van der Waals surface area contributed by atoms with Crippen molar-refractivity contribution in [3.63, 3.8) is 0 Å². The molecule has 3 N–H and O–H groups in total. The van der Waals surface area contributed by atoms with Gasteiger partial charge >= 0.3 is 0 Å². The second-order valence-electron chi connectivity index (χ2n) is 9.33. The van der Waals surface area contributed by atoms with E-state index in [4.69, 9.17) is 18.6 Å². The van der Waals surface area contributed by atoms with Crippen molar-refractivity contribution in [1.29, 1.82) is 0 Å². The number of ether oxygens (including phenoxy) is 2. The van der Waals surface area contributed by atoms with Crippen LogP contribution in [0.3, 0.4) is 0 Å². The molecule has 0 unspecified atom stereocenters. The number of methoxy groups -OCH3 is 2. The molecule has 1 aliphatic rings. The van der Waals surface area contributed by atoms with Gasteiger partial charge in [-0.3, -0.25) is 28.5 Å². The van der Waals surface area contributed by atoms with E-state index in [1.165, 1.54) is 14.2 Å². The number of allylic oxidation sites excluding steroid dienone is 2. The molecule has 1 aromatic heterocycles. The Morgan fingerprint density at radius 3 is 2.12 bits per heavy atom. The van der Waals surface area contributed by atoms with Crippen molar-refractivity contribution in [3.05, 3.63) is 112 Å². The summed E-state index contributed by atoms with van der Waals surface area (Å²) in [6.07, 6.45) is 3.50. The second-order valence-corrected chi connectivity index (χ2v) is 10.5. The molecule has 1 aliphatic carbocycles. The third-order valence-corrected chi connectivity index (χ3v) is 6.44. The van der Waals surface area contributed by atoms with Gasteiger partial charge in [-0.2, -0.15) is 0 Å². The number of ketones is 2. The lowest BCUT2D eigenvalue weighted by Gasteiger charge is -2.21. The maximum absolute atomic E-state index is 13.5. The van der Waals surface area contributed by atoms with Crippen LogP contribution < -0.4 is 5.32 Å². The Morgan fingerprint density at radius 1 is 0.976 bits per heavy atom. The quantitative estimate of drug-likeness (QED) is 0.255. The summed E-state index contributed by atoms with van der Waals surface area (Å²) in [4.78, 5) is 43.5. The van der Waals surface area contributed by atoms with Crippen LogP contribution in [0.1, 0.15) is 41.4 Å². The highest BCUT2D eigenvalue weighted by Crippen LogP contribution is 2.30. The first kappa shape index (κ1) is 31.9. The molecule has 0 radical (unpaired) electrons. The van der Waals surface area contributed by atoms with E-state index in [0.717, 1.165) is 16.7 Å². The van der Waals surface area contributed by atoms with Crippen molar-refractivity contribution < 1.29 is 37.2 Å². The number of carbonyl (C=O) groups is 3. The molecule has 1 heterocycles. The van der Waals surface area contributed by atoms with Crippen molar-refractivity contribution >= 4 is 33.4 Å². The number of nitrogens with one attached hydrogen (secondary N) is 1. The predicted octanol–water partition coefficient (Wildman–Crippen LogP) is 4.40. The molecular weight excluding hydrogens is 560 g/mol. The highest BCUT2D eigenvalue weighted by molar-refractivity contribution is 7.89. The van der Waals surface area contributed by atoms with Crippen LogP contribution >= 0.6 is 0 Å². The zero-order valence-corrected chi connectivity index (χ0v) is 24.4. The largest absolute Gasteiger partial charge is 0.489 e. The molecular formula is C31H32N2O8S. The summed E-state index contributed by atoms with van der Waals surface area (Å²) in [5, 5.41) is 3.08. The zero-order chi connectivity index (χ0) is 31.0. The Labute approximate surface area is 244 Å². The minimum absolute atomic E-state index is 0.100. The minimum atomic E-state index is -3.67. The summed E-state index contributed by atoms with van der Waals surface area (Å²) in [7, 11) is -1.01. The lowest BCUT2D eigenvalue weighted by molar-refractivity contribution is -0.121.